The molecule has 4 rings (SSSR count). The van der Waals surface area contributed by atoms with Crippen LogP contribution in [0, 0.1) is 0 Å². The van der Waals surface area contributed by atoms with Gasteiger partial charge in [0.25, 0.3) is 5.91 Å². The first-order chi connectivity index (χ1) is 14.2. The molecular weight excluding hydrogens is 372 g/mol. The molecule has 2 aliphatic heterocycles. The molecule has 2 aliphatic rings. The van der Waals surface area contributed by atoms with Crippen LogP contribution in [-0.4, -0.2) is 65.9 Å². The standard InChI is InChI=1S/C21H24N4O4/c1-28-18-13-29-12-17(18)22-21(27)20-15-9-10-25(11-16(15)23-24-20)19(26)8-7-14-5-3-2-4-6-14/h2-8,17-18H,9-13H2,1H3,(H,22,27)(H,23,24)/t17-,18-/m0/s1. The lowest BCUT2D eigenvalue weighted by molar-refractivity contribution is -0.126. The molecule has 0 spiro atoms. The minimum absolute atomic E-state index is 0.0638. The van der Waals surface area contributed by atoms with Crippen LogP contribution in [0.15, 0.2) is 36.4 Å². The van der Waals surface area contributed by atoms with Gasteiger partial charge in [-0.3, -0.25) is 14.7 Å². The molecule has 2 aromatic rings. The van der Waals surface area contributed by atoms with Crippen LogP contribution in [0.1, 0.15) is 27.3 Å². The zero-order valence-electron chi connectivity index (χ0n) is 16.3. The number of amides is 2. The van der Waals surface area contributed by atoms with Crippen LogP contribution in [0.4, 0.5) is 0 Å². The highest BCUT2D eigenvalue weighted by Gasteiger charge is 2.32. The minimum atomic E-state index is -0.246. The number of nitrogens with zero attached hydrogens (tertiary/aromatic N) is 2. The monoisotopic (exact) mass is 396 g/mol. The van der Waals surface area contributed by atoms with Crippen LogP contribution >= 0.6 is 0 Å². The molecule has 3 heterocycles. The SMILES string of the molecule is CO[C@H]1COC[C@@H]1NC(=O)c1n[nH]c2c1CCN(C(=O)C=Cc1ccccc1)C2. The fourth-order valence-corrected chi connectivity index (χ4v) is 3.67. The molecule has 0 radical (unpaired) electrons. The highest BCUT2D eigenvalue weighted by atomic mass is 16.5. The number of hydrogen-bond donors (Lipinski definition) is 2. The molecule has 1 fully saturated rings. The summed E-state index contributed by atoms with van der Waals surface area (Å²) < 4.78 is 10.7. The van der Waals surface area contributed by atoms with Crippen LogP contribution in [0.25, 0.3) is 6.08 Å². The maximum Gasteiger partial charge on any atom is 0.272 e. The Labute approximate surface area is 168 Å². The largest absolute Gasteiger partial charge is 0.377 e. The summed E-state index contributed by atoms with van der Waals surface area (Å²) in [6, 6.07) is 9.50. The van der Waals surface area contributed by atoms with E-state index >= 15 is 0 Å². The zero-order chi connectivity index (χ0) is 20.2. The van der Waals surface area contributed by atoms with E-state index in [2.05, 4.69) is 15.5 Å². The summed E-state index contributed by atoms with van der Waals surface area (Å²) in [5.74, 6) is -0.310. The normalized spacial score (nSPS) is 21.3. The summed E-state index contributed by atoms with van der Waals surface area (Å²) >= 11 is 0. The number of carbonyl (C=O) groups excluding carboxylic acids is 2. The lowest BCUT2D eigenvalue weighted by Crippen LogP contribution is -2.44. The van der Waals surface area contributed by atoms with E-state index in [1.165, 1.54) is 0 Å². The maximum atomic E-state index is 12.7. The number of ether oxygens (including phenoxy) is 2. The van der Waals surface area contributed by atoms with Crippen LogP contribution in [0.2, 0.25) is 0 Å². The fourth-order valence-electron chi connectivity index (χ4n) is 3.67. The zero-order valence-corrected chi connectivity index (χ0v) is 16.3. The van der Waals surface area contributed by atoms with E-state index < -0.39 is 0 Å². The fraction of sp³-hybridized carbons (Fsp3) is 0.381. The predicted octanol–water partition coefficient (Wildman–Crippen LogP) is 1.15. The molecule has 0 bridgehead atoms. The van der Waals surface area contributed by atoms with Crippen molar-refractivity contribution in [2.24, 2.45) is 0 Å². The number of aromatic nitrogens is 2. The van der Waals surface area contributed by atoms with Crippen molar-refractivity contribution in [2.45, 2.75) is 25.1 Å². The molecule has 8 heteroatoms. The first kappa shape index (κ1) is 19.4. The molecule has 8 nitrogen and oxygen atoms in total. The van der Waals surface area contributed by atoms with E-state index in [1.54, 1.807) is 24.2 Å². The van der Waals surface area contributed by atoms with Gasteiger partial charge in [0, 0.05) is 25.3 Å². The molecule has 2 N–H and O–H groups in total. The molecule has 1 aromatic carbocycles. The summed E-state index contributed by atoms with van der Waals surface area (Å²) in [4.78, 5) is 26.9. The number of aromatic amines is 1. The Balaban J connectivity index is 1.40. The van der Waals surface area contributed by atoms with Gasteiger partial charge in [0.15, 0.2) is 5.69 Å². The molecule has 152 valence electrons. The highest BCUT2D eigenvalue weighted by molar-refractivity contribution is 5.95. The van der Waals surface area contributed by atoms with Crippen molar-refractivity contribution in [1.82, 2.24) is 20.4 Å². The van der Waals surface area contributed by atoms with E-state index in [-0.39, 0.29) is 24.0 Å². The third-order valence-corrected chi connectivity index (χ3v) is 5.33. The minimum Gasteiger partial charge on any atom is -0.377 e. The van der Waals surface area contributed by atoms with Gasteiger partial charge >= 0.3 is 0 Å². The summed E-state index contributed by atoms with van der Waals surface area (Å²) in [5.41, 5.74) is 3.03. The quantitative estimate of drug-likeness (QED) is 0.739. The van der Waals surface area contributed by atoms with Crippen LogP contribution in [0.3, 0.4) is 0 Å². The van der Waals surface area contributed by atoms with E-state index in [9.17, 15) is 9.59 Å². The van der Waals surface area contributed by atoms with Crippen molar-refractivity contribution in [1.29, 1.82) is 0 Å². The lowest BCUT2D eigenvalue weighted by Gasteiger charge is -2.26. The van der Waals surface area contributed by atoms with Crippen molar-refractivity contribution >= 4 is 17.9 Å². The second kappa shape index (κ2) is 8.59. The van der Waals surface area contributed by atoms with Crippen LogP contribution < -0.4 is 5.32 Å². The van der Waals surface area contributed by atoms with Crippen molar-refractivity contribution in [3.63, 3.8) is 0 Å². The van der Waals surface area contributed by atoms with Crippen LogP contribution in [0.5, 0.6) is 0 Å². The molecule has 29 heavy (non-hydrogen) atoms. The molecule has 2 amide bonds. The Morgan fingerprint density at radius 1 is 1.31 bits per heavy atom. The third-order valence-electron chi connectivity index (χ3n) is 5.33. The van der Waals surface area contributed by atoms with Gasteiger partial charge in [-0.15, -0.1) is 0 Å². The van der Waals surface area contributed by atoms with Crippen molar-refractivity contribution in [3.8, 4) is 0 Å². The van der Waals surface area contributed by atoms with Gasteiger partial charge < -0.3 is 19.7 Å². The molecule has 1 aromatic heterocycles. The molecule has 2 atom stereocenters. The third kappa shape index (κ3) is 4.23. The molecule has 1 saturated heterocycles. The summed E-state index contributed by atoms with van der Waals surface area (Å²) in [6.07, 6.45) is 3.81. The van der Waals surface area contributed by atoms with Gasteiger partial charge in [-0.1, -0.05) is 30.3 Å². The van der Waals surface area contributed by atoms with E-state index in [0.29, 0.717) is 38.4 Å². The number of carbonyl (C=O) groups is 2. The topological polar surface area (TPSA) is 96.6 Å². The number of H-pyrrole nitrogens is 1. The van der Waals surface area contributed by atoms with Crippen LogP contribution in [-0.2, 0) is 27.2 Å². The van der Waals surface area contributed by atoms with Gasteiger partial charge in [0.2, 0.25) is 5.91 Å². The van der Waals surface area contributed by atoms with Gasteiger partial charge in [-0.2, -0.15) is 5.10 Å². The Bertz CT molecular complexity index is 909. The highest BCUT2D eigenvalue weighted by Crippen LogP contribution is 2.21. The van der Waals surface area contributed by atoms with Crippen molar-refractivity contribution in [3.05, 3.63) is 58.9 Å². The van der Waals surface area contributed by atoms with Gasteiger partial charge in [-0.25, -0.2) is 0 Å². The molecule has 0 saturated carbocycles. The van der Waals surface area contributed by atoms with Gasteiger partial charge in [-0.05, 0) is 18.1 Å². The lowest BCUT2D eigenvalue weighted by atomic mass is 10.0. The average Bonchev–Trinajstić information content (AvgIpc) is 3.38. The number of fused-ring (bicyclic) bond motifs is 1. The Morgan fingerprint density at radius 3 is 2.93 bits per heavy atom. The summed E-state index contributed by atoms with van der Waals surface area (Å²) in [5, 5.41) is 10.1. The summed E-state index contributed by atoms with van der Waals surface area (Å²) in [7, 11) is 1.60. The smallest absolute Gasteiger partial charge is 0.272 e. The predicted molar refractivity (Wildman–Crippen MR) is 106 cm³/mol. The Morgan fingerprint density at radius 2 is 2.14 bits per heavy atom. The van der Waals surface area contributed by atoms with Gasteiger partial charge in [0.1, 0.15) is 6.10 Å². The van der Waals surface area contributed by atoms with E-state index in [1.807, 2.05) is 30.3 Å². The molecule has 0 unspecified atom stereocenters. The Kier molecular flexibility index (Phi) is 5.73. The average molecular weight is 396 g/mol. The summed E-state index contributed by atoms with van der Waals surface area (Å²) in [6.45, 7) is 1.83. The first-order valence-electron chi connectivity index (χ1n) is 9.65. The number of methoxy groups -OCH3 is 1. The number of benzene rings is 1. The number of hydrogen-bond acceptors (Lipinski definition) is 5. The number of rotatable bonds is 5. The van der Waals surface area contributed by atoms with Crippen molar-refractivity contribution in [2.75, 3.05) is 26.9 Å². The first-order valence-corrected chi connectivity index (χ1v) is 9.65. The second-order valence-corrected chi connectivity index (χ2v) is 7.17. The Hall–Kier alpha value is -2.97. The van der Waals surface area contributed by atoms with Crippen molar-refractivity contribution < 1.29 is 19.1 Å². The van der Waals surface area contributed by atoms with E-state index in [4.69, 9.17) is 9.47 Å². The maximum absolute atomic E-state index is 12.7. The molecular formula is C21H24N4O4. The number of nitrogens with one attached hydrogen (secondary N) is 2. The van der Waals surface area contributed by atoms with Gasteiger partial charge in [0.05, 0.1) is 31.5 Å². The molecule has 0 aliphatic carbocycles. The second-order valence-electron chi connectivity index (χ2n) is 7.17. The van der Waals surface area contributed by atoms with E-state index in [0.717, 1.165) is 16.8 Å².